The van der Waals surface area contributed by atoms with Gasteiger partial charge in [0.2, 0.25) is 29.5 Å². The molecular weight excluding hydrogens is 736 g/mol. The van der Waals surface area contributed by atoms with Gasteiger partial charge in [-0.3, -0.25) is 28.8 Å². The molecule has 0 aliphatic heterocycles. The van der Waals surface area contributed by atoms with Crippen LogP contribution in [0.3, 0.4) is 0 Å². The van der Waals surface area contributed by atoms with E-state index in [9.17, 15) is 38.7 Å². The van der Waals surface area contributed by atoms with Gasteiger partial charge >= 0.3 is 11.9 Å². The molecule has 0 saturated carbocycles. The maximum Gasteiger partial charge on any atom is 0.326 e. The van der Waals surface area contributed by atoms with Gasteiger partial charge in [0.05, 0.1) is 25.2 Å². The van der Waals surface area contributed by atoms with E-state index in [-0.39, 0.29) is 31.4 Å². The molecule has 5 amide bonds. The second-order valence-corrected chi connectivity index (χ2v) is 16.8. The van der Waals surface area contributed by atoms with Crippen LogP contribution in [0.25, 0.3) is 0 Å². The largest absolute Gasteiger partial charge is 0.480 e. The number of ether oxygens (including phenoxy) is 2. The van der Waals surface area contributed by atoms with Crippen LogP contribution in [0.4, 0.5) is 0 Å². The van der Waals surface area contributed by atoms with Crippen molar-refractivity contribution in [3.8, 4) is 0 Å². The van der Waals surface area contributed by atoms with E-state index in [0.29, 0.717) is 12.0 Å². The van der Waals surface area contributed by atoms with Crippen molar-refractivity contribution >= 4 is 41.5 Å². The van der Waals surface area contributed by atoms with Crippen LogP contribution >= 0.6 is 0 Å². The Labute approximate surface area is 338 Å². The normalized spacial score (nSPS) is 14.9. The monoisotopic (exact) mass is 804 g/mol. The second-order valence-electron chi connectivity index (χ2n) is 16.8. The predicted molar refractivity (Wildman–Crippen MR) is 216 cm³/mol. The topological polar surface area (TPSA) is 204 Å². The summed E-state index contributed by atoms with van der Waals surface area (Å²) in [6.45, 7) is 17.1. The van der Waals surface area contributed by atoms with Gasteiger partial charge in [0.15, 0.2) is 0 Å². The van der Waals surface area contributed by atoms with Gasteiger partial charge < -0.3 is 45.2 Å². The number of rotatable bonds is 21. The number of likely N-dealkylation sites (N-methyl/N-ethyl adjacent to an activating group) is 4. The number of benzene rings is 1. The van der Waals surface area contributed by atoms with E-state index in [1.807, 2.05) is 13.8 Å². The number of amides is 5. The van der Waals surface area contributed by atoms with Crippen LogP contribution in [0.5, 0.6) is 0 Å². The van der Waals surface area contributed by atoms with E-state index in [1.165, 1.54) is 35.8 Å². The molecule has 0 bridgehead atoms. The average molecular weight is 805 g/mol. The molecule has 0 aliphatic carbocycles. The highest BCUT2D eigenvalue weighted by Gasteiger charge is 2.41. The SMILES string of the molecule is CC[C@H](C)[C@@H](C(=O)N[C@@H](COC(C)(C)C)C(=O)N(C)[C@@H](Cc1ccccc1)C(=O)N(C)[C@H](C(=O)N[C@@H](CC(=O)OC(C)(C)C)C(=O)O)C(C)C)N(C)C(=O)CNC. The first-order valence-electron chi connectivity index (χ1n) is 19.4. The van der Waals surface area contributed by atoms with Crippen LogP contribution in [0.2, 0.25) is 0 Å². The maximum absolute atomic E-state index is 14.6. The van der Waals surface area contributed by atoms with Crippen LogP contribution in [-0.2, 0) is 49.5 Å². The highest BCUT2D eigenvalue weighted by molar-refractivity contribution is 5.96. The van der Waals surface area contributed by atoms with Crippen molar-refractivity contribution < 1.29 is 48.1 Å². The zero-order valence-electron chi connectivity index (χ0n) is 36.4. The van der Waals surface area contributed by atoms with E-state index in [4.69, 9.17) is 9.47 Å². The molecule has 16 nitrogen and oxygen atoms in total. The molecule has 4 N–H and O–H groups in total. The Bertz CT molecular complexity index is 1520. The lowest BCUT2D eigenvalue weighted by Crippen LogP contribution is -2.62. The van der Waals surface area contributed by atoms with Gasteiger partial charge in [-0.15, -0.1) is 0 Å². The number of nitrogens with one attached hydrogen (secondary N) is 3. The third kappa shape index (κ3) is 16.4. The zero-order valence-corrected chi connectivity index (χ0v) is 36.4. The van der Waals surface area contributed by atoms with Gasteiger partial charge in [-0.2, -0.15) is 0 Å². The minimum absolute atomic E-state index is 0.00183. The Morgan fingerprint density at radius 3 is 1.77 bits per heavy atom. The lowest BCUT2D eigenvalue weighted by atomic mass is 9.96. The Morgan fingerprint density at radius 2 is 1.30 bits per heavy atom. The molecule has 0 fully saturated rings. The summed E-state index contributed by atoms with van der Waals surface area (Å²) in [5, 5.41) is 17.9. The van der Waals surface area contributed by atoms with Gasteiger partial charge in [-0.1, -0.05) is 64.4 Å². The van der Waals surface area contributed by atoms with Crippen LogP contribution in [-0.4, -0.2) is 144 Å². The molecule has 0 aliphatic rings. The number of hydrogen-bond acceptors (Lipinski definition) is 10. The average Bonchev–Trinajstić information content (AvgIpc) is 3.10. The summed E-state index contributed by atoms with van der Waals surface area (Å²) < 4.78 is 11.3. The fourth-order valence-electron chi connectivity index (χ4n) is 6.17. The van der Waals surface area contributed by atoms with E-state index < -0.39 is 89.3 Å². The molecule has 0 unspecified atom stereocenters. The minimum atomic E-state index is -1.64. The molecule has 57 heavy (non-hydrogen) atoms. The quantitative estimate of drug-likeness (QED) is 0.133. The van der Waals surface area contributed by atoms with Gasteiger partial charge in [0, 0.05) is 27.6 Å². The van der Waals surface area contributed by atoms with Crippen LogP contribution in [0, 0.1) is 11.8 Å². The zero-order chi connectivity index (χ0) is 44.0. The van der Waals surface area contributed by atoms with Crippen LogP contribution in [0.15, 0.2) is 30.3 Å². The van der Waals surface area contributed by atoms with Gasteiger partial charge in [0.25, 0.3) is 0 Å². The van der Waals surface area contributed by atoms with Gasteiger partial charge in [0.1, 0.15) is 35.8 Å². The predicted octanol–water partition coefficient (Wildman–Crippen LogP) is 2.23. The number of carbonyl (C=O) groups excluding carboxylic acids is 6. The van der Waals surface area contributed by atoms with Crippen LogP contribution in [0.1, 0.15) is 87.6 Å². The summed E-state index contributed by atoms with van der Waals surface area (Å²) >= 11 is 0. The summed E-state index contributed by atoms with van der Waals surface area (Å²) in [6.07, 6.45) is -0.0620. The Kier molecular flexibility index (Phi) is 19.8. The Morgan fingerprint density at radius 1 is 0.754 bits per heavy atom. The third-order valence-corrected chi connectivity index (χ3v) is 9.33. The molecule has 0 saturated heterocycles. The van der Waals surface area contributed by atoms with Crippen molar-refractivity contribution in [1.82, 2.24) is 30.7 Å². The molecular formula is C41H68N6O10. The van der Waals surface area contributed by atoms with E-state index in [2.05, 4.69) is 16.0 Å². The summed E-state index contributed by atoms with van der Waals surface area (Å²) in [5.74, 6) is -6.11. The number of carboxylic acid groups (broad SMARTS) is 1. The summed E-state index contributed by atoms with van der Waals surface area (Å²) in [5.41, 5.74) is -0.899. The molecule has 1 aromatic rings. The Hall–Kier alpha value is -4.57. The number of carboxylic acids is 1. The van der Waals surface area contributed by atoms with Crippen molar-refractivity contribution in [2.45, 2.75) is 130 Å². The second kappa shape index (κ2) is 22.4. The van der Waals surface area contributed by atoms with Crippen molar-refractivity contribution in [2.75, 3.05) is 41.3 Å². The number of esters is 1. The fourth-order valence-corrected chi connectivity index (χ4v) is 6.17. The van der Waals surface area contributed by atoms with Gasteiger partial charge in [-0.25, -0.2) is 4.79 Å². The van der Waals surface area contributed by atoms with E-state index in [0.717, 1.165) is 0 Å². The molecule has 6 atom stereocenters. The van der Waals surface area contributed by atoms with Gasteiger partial charge in [-0.05, 0) is 66.0 Å². The molecule has 322 valence electrons. The first kappa shape index (κ1) is 50.4. The molecule has 0 radical (unpaired) electrons. The first-order chi connectivity index (χ1) is 26.3. The smallest absolute Gasteiger partial charge is 0.326 e. The fraction of sp³-hybridized carbons (Fsp3) is 0.683. The van der Waals surface area contributed by atoms with Crippen LogP contribution < -0.4 is 16.0 Å². The van der Waals surface area contributed by atoms with Crippen molar-refractivity contribution in [2.24, 2.45) is 11.8 Å². The highest BCUT2D eigenvalue weighted by atomic mass is 16.6. The van der Waals surface area contributed by atoms with Crippen molar-refractivity contribution in [3.05, 3.63) is 35.9 Å². The third-order valence-electron chi connectivity index (χ3n) is 9.33. The molecule has 1 rings (SSSR count). The molecule has 1 aromatic carbocycles. The van der Waals surface area contributed by atoms with Crippen molar-refractivity contribution in [1.29, 1.82) is 0 Å². The Balaban J connectivity index is 3.65. The number of aliphatic carboxylic acids is 1. The minimum Gasteiger partial charge on any atom is -0.480 e. The molecule has 16 heteroatoms. The molecule has 0 spiro atoms. The summed E-state index contributed by atoms with van der Waals surface area (Å²) in [4.78, 5) is 98.3. The summed E-state index contributed by atoms with van der Waals surface area (Å²) in [6, 6.07) is 2.66. The highest BCUT2D eigenvalue weighted by Crippen LogP contribution is 2.20. The van der Waals surface area contributed by atoms with E-state index >= 15 is 0 Å². The summed E-state index contributed by atoms with van der Waals surface area (Å²) in [7, 11) is 5.98. The first-order valence-corrected chi connectivity index (χ1v) is 19.4. The van der Waals surface area contributed by atoms with Crippen molar-refractivity contribution in [3.63, 3.8) is 0 Å². The lowest BCUT2D eigenvalue weighted by molar-refractivity contribution is -0.159. The standard InChI is InChI=1S/C41H68N6O10/c1-15-26(4)34(46(13)31(48)23-42-11)36(51)44-29(24-56-40(5,6)7)37(52)45(12)30(21-27-19-17-16-18-20-27)38(53)47(14)33(25(2)3)35(50)43-28(39(54)55)22-32(49)57-41(8,9)10/h16-20,25-26,28-30,33-34,42H,15,21-24H2,1-14H3,(H,43,50)(H,44,51)(H,54,55)/t26-,28-,29-,30-,33-,34-/m0/s1. The number of hydrogen-bond donors (Lipinski definition) is 4. The maximum atomic E-state index is 14.6. The molecule has 0 aromatic heterocycles. The lowest BCUT2D eigenvalue weighted by Gasteiger charge is -2.38. The number of carbonyl (C=O) groups is 7. The molecule has 0 heterocycles. The number of nitrogens with zero attached hydrogens (tertiary/aromatic N) is 3. The van der Waals surface area contributed by atoms with E-state index in [1.54, 1.807) is 92.8 Å².